The highest BCUT2D eigenvalue weighted by molar-refractivity contribution is 5.26. The van der Waals surface area contributed by atoms with Crippen molar-refractivity contribution in [3.8, 4) is 11.7 Å². The summed E-state index contributed by atoms with van der Waals surface area (Å²) in [5, 5.41) is 7.56. The molecule has 0 aromatic carbocycles. The number of aromatic nitrogens is 3. The first-order chi connectivity index (χ1) is 9.42. The second kappa shape index (κ2) is 5.84. The second-order valence-electron chi connectivity index (χ2n) is 4.81. The predicted molar refractivity (Wildman–Crippen MR) is 72.4 cm³/mol. The molecule has 5 nitrogen and oxygen atoms in total. The highest BCUT2D eigenvalue weighted by Gasteiger charge is 2.13. The highest BCUT2D eigenvalue weighted by atomic mass is 16.5. The van der Waals surface area contributed by atoms with Crippen LogP contribution in [0.25, 0.3) is 5.82 Å². The lowest BCUT2D eigenvalue weighted by Gasteiger charge is -2.22. The normalized spacial score (nSPS) is 19.3. The van der Waals surface area contributed by atoms with Crippen LogP contribution < -0.4 is 10.1 Å². The van der Waals surface area contributed by atoms with Gasteiger partial charge in [0.05, 0.1) is 6.61 Å². The number of rotatable bonds is 4. The molecule has 1 aliphatic heterocycles. The van der Waals surface area contributed by atoms with Gasteiger partial charge in [-0.25, -0.2) is 4.68 Å². The van der Waals surface area contributed by atoms with Crippen molar-refractivity contribution in [3.63, 3.8) is 0 Å². The standard InChI is InChI=1S/C14H18N4O/c1-5-13(18-9-3-8-16-18)17-14(6-1)19-11-12-4-2-7-15-10-12/h1,3,5-6,8-9,12,15H,2,4,7,10-11H2. The van der Waals surface area contributed by atoms with Gasteiger partial charge in [-0.1, -0.05) is 6.07 Å². The molecule has 0 radical (unpaired) electrons. The van der Waals surface area contributed by atoms with Crippen molar-refractivity contribution < 1.29 is 4.74 Å². The molecular formula is C14H18N4O. The Labute approximate surface area is 112 Å². The summed E-state index contributed by atoms with van der Waals surface area (Å²) < 4.78 is 7.52. The largest absolute Gasteiger partial charge is 0.477 e. The third-order valence-corrected chi connectivity index (χ3v) is 3.31. The fourth-order valence-electron chi connectivity index (χ4n) is 2.29. The maximum absolute atomic E-state index is 5.79. The van der Waals surface area contributed by atoms with Gasteiger partial charge in [0.1, 0.15) is 0 Å². The van der Waals surface area contributed by atoms with Crippen molar-refractivity contribution in [3.05, 3.63) is 36.7 Å². The Hall–Kier alpha value is -1.88. The molecule has 3 rings (SSSR count). The van der Waals surface area contributed by atoms with Crippen molar-refractivity contribution >= 4 is 0 Å². The lowest BCUT2D eigenvalue weighted by Crippen LogP contribution is -2.33. The van der Waals surface area contributed by atoms with Crippen LogP contribution in [-0.4, -0.2) is 34.5 Å². The Balaban J connectivity index is 1.63. The zero-order chi connectivity index (χ0) is 12.9. The Kier molecular flexibility index (Phi) is 3.74. The molecule has 0 aliphatic carbocycles. The molecule has 1 fully saturated rings. The summed E-state index contributed by atoms with van der Waals surface area (Å²) in [5.74, 6) is 2.03. The molecule has 1 aliphatic rings. The van der Waals surface area contributed by atoms with Gasteiger partial charge < -0.3 is 10.1 Å². The number of nitrogens with zero attached hydrogens (tertiary/aromatic N) is 3. The van der Waals surface area contributed by atoms with E-state index in [9.17, 15) is 0 Å². The first-order valence-corrected chi connectivity index (χ1v) is 6.72. The zero-order valence-electron chi connectivity index (χ0n) is 10.8. The Morgan fingerprint density at radius 1 is 1.37 bits per heavy atom. The van der Waals surface area contributed by atoms with Crippen LogP contribution in [0.3, 0.4) is 0 Å². The molecule has 0 amide bonds. The molecule has 2 aromatic rings. The van der Waals surface area contributed by atoms with E-state index in [0.29, 0.717) is 11.8 Å². The van der Waals surface area contributed by atoms with Gasteiger partial charge in [0, 0.05) is 30.9 Å². The van der Waals surface area contributed by atoms with Gasteiger partial charge >= 0.3 is 0 Å². The van der Waals surface area contributed by atoms with Gasteiger partial charge in [0.15, 0.2) is 5.82 Å². The molecule has 2 aromatic heterocycles. The monoisotopic (exact) mass is 258 g/mol. The first kappa shape index (κ1) is 12.2. The highest BCUT2D eigenvalue weighted by Crippen LogP contribution is 2.14. The van der Waals surface area contributed by atoms with Crippen molar-refractivity contribution in [1.29, 1.82) is 0 Å². The van der Waals surface area contributed by atoms with Crippen LogP contribution >= 0.6 is 0 Å². The van der Waals surface area contributed by atoms with E-state index in [2.05, 4.69) is 15.4 Å². The van der Waals surface area contributed by atoms with E-state index in [1.165, 1.54) is 12.8 Å². The Morgan fingerprint density at radius 3 is 3.16 bits per heavy atom. The molecule has 19 heavy (non-hydrogen) atoms. The number of piperidine rings is 1. The van der Waals surface area contributed by atoms with Gasteiger partial charge in [0.25, 0.3) is 0 Å². The zero-order valence-corrected chi connectivity index (χ0v) is 10.8. The Morgan fingerprint density at radius 2 is 2.37 bits per heavy atom. The van der Waals surface area contributed by atoms with Crippen molar-refractivity contribution in [2.45, 2.75) is 12.8 Å². The van der Waals surface area contributed by atoms with E-state index in [-0.39, 0.29) is 0 Å². The minimum Gasteiger partial charge on any atom is -0.477 e. The van der Waals surface area contributed by atoms with E-state index < -0.39 is 0 Å². The number of pyridine rings is 1. The molecule has 100 valence electrons. The second-order valence-corrected chi connectivity index (χ2v) is 4.81. The minimum atomic E-state index is 0.587. The van der Waals surface area contributed by atoms with Crippen molar-refractivity contribution in [2.24, 2.45) is 5.92 Å². The van der Waals surface area contributed by atoms with Crippen LogP contribution in [0.4, 0.5) is 0 Å². The van der Waals surface area contributed by atoms with E-state index in [0.717, 1.165) is 25.5 Å². The molecule has 5 heteroatoms. The maximum atomic E-state index is 5.79. The third kappa shape index (κ3) is 3.12. The van der Waals surface area contributed by atoms with Gasteiger partial charge in [-0.05, 0) is 31.5 Å². The summed E-state index contributed by atoms with van der Waals surface area (Å²) in [6.07, 6.45) is 6.07. The van der Waals surface area contributed by atoms with Gasteiger partial charge in [-0.3, -0.25) is 0 Å². The first-order valence-electron chi connectivity index (χ1n) is 6.72. The summed E-state index contributed by atoms with van der Waals surface area (Å²) in [5.41, 5.74) is 0. The number of nitrogens with one attached hydrogen (secondary N) is 1. The molecule has 1 N–H and O–H groups in total. The van der Waals surface area contributed by atoms with Gasteiger partial charge in [-0.2, -0.15) is 10.1 Å². The number of hydrogen-bond donors (Lipinski definition) is 1. The molecule has 0 saturated carbocycles. The molecular weight excluding hydrogens is 240 g/mol. The summed E-state index contributed by atoms with van der Waals surface area (Å²) >= 11 is 0. The van der Waals surface area contributed by atoms with Crippen LogP contribution in [-0.2, 0) is 0 Å². The van der Waals surface area contributed by atoms with Gasteiger partial charge in [0.2, 0.25) is 5.88 Å². The molecule has 0 bridgehead atoms. The maximum Gasteiger partial charge on any atom is 0.215 e. The third-order valence-electron chi connectivity index (χ3n) is 3.31. The van der Waals surface area contributed by atoms with E-state index in [1.54, 1.807) is 10.9 Å². The lowest BCUT2D eigenvalue weighted by atomic mass is 10.0. The fourth-order valence-corrected chi connectivity index (χ4v) is 2.29. The quantitative estimate of drug-likeness (QED) is 0.906. The number of hydrogen-bond acceptors (Lipinski definition) is 4. The molecule has 1 saturated heterocycles. The van der Waals surface area contributed by atoms with Gasteiger partial charge in [-0.15, -0.1) is 0 Å². The van der Waals surface area contributed by atoms with Crippen LogP contribution in [0.1, 0.15) is 12.8 Å². The number of ether oxygens (including phenoxy) is 1. The van der Waals surface area contributed by atoms with E-state index >= 15 is 0 Å². The summed E-state index contributed by atoms with van der Waals surface area (Å²) in [6, 6.07) is 7.63. The van der Waals surface area contributed by atoms with Crippen LogP contribution in [0.5, 0.6) is 5.88 Å². The average molecular weight is 258 g/mol. The minimum absolute atomic E-state index is 0.587. The van der Waals surface area contributed by atoms with E-state index in [1.807, 2.05) is 30.5 Å². The summed E-state index contributed by atoms with van der Waals surface area (Å²) in [4.78, 5) is 4.46. The Bertz CT molecular complexity index is 506. The summed E-state index contributed by atoms with van der Waals surface area (Å²) in [7, 11) is 0. The van der Waals surface area contributed by atoms with Crippen molar-refractivity contribution in [1.82, 2.24) is 20.1 Å². The molecule has 3 heterocycles. The van der Waals surface area contributed by atoms with Crippen LogP contribution in [0, 0.1) is 5.92 Å². The predicted octanol–water partition coefficient (Wildman–Crippen LogP) is 1.65. The smallest absolute Gasteiger partial charge is 0.215 e. The molecule has 1 unspecified atom stereocenters. The molecule has 0 spiro atoms. The summed E-state index contributed by atoms with van der Waals surface area (Å²) in [6.45, 7) is 2.89. The fraction of sp³-hybridized carbons (Fsp3) is 0.429. The SMILES string of the molecule is c1cc(OCC2CCCNC2)nc(-n2cccn2)c1. The van der Waals surface area contributed by atoms with E-state index in [4.69, 9.17) is 4.74 Å². The van der Waals surface area contributed by atoms with Crippen molar-refractivity contribution in [2.75, 3.05) is 19.7 Å². The topological polar surface area (TPSA) is 52.0 Å². The average Bonchev–Trinajstić information content (AvgIpc) is 3.01. The molecule has 1 atom stereocenters. The lowest BCUT2D eigenvalue weighted by molar-refractivity contribution is 0.212. The van der Waals surface area contributed by atoms with Crippen LogP contribution in [0.15, 0.2) is 36.7 Å². The van der Waals surface area contributed by atoms with Crippen LogP contribution in [0.2, 0.25) is 0 Å².